The normalized spacial score (nSPS) is 23.1. The molecule has 1 aliphatic heterocycles. The molecule has 13 heteroatoms. The molecule has 2 N–H and O–H groups in total. The number of carbonyl (C=O) groups excluding carboxylic acids is 1. The second-order valence-electron chi connectivity index (χ2n) is 17.7. The highest BCUT2D eigenvalue weighted by molar-refractivity contribution is 7.99. The Hall–Kier alpha value is -4.95. The van der Waals surface area contributed by atoms with Crippen molar-refractivity contribution in [1.29, 1.82) is 0 Å². The Kier molecular flexibility index (Phi) is 17.3. The molecular weight excluding hydrogens is 831 g/mol. The zero-order valence-electron chi connectivity index (χ0n) is 37.7. The number of aliphatic hydroxyl groups excluding tert-OH is 2. The summed E-state index contributed by atoms with van der Waals surface area (Å²) in [6.45, 7) is 13.2. The number of oxime groups is 1. The lowest BCUT2D eigenvalue weighted by atomic mass is 9.55. The lowest BCUT2D eigenvalue weighted by Gasteiger charge is -2.60. The van der Waals surface area contributed by atoms with E-state index in [0.29, 0.717) is 43.7 Å². The van der Waals surface area contributed by atoms with Crippen LogP contribution in [0.2, 0.25) is 0 Å². The van der Waals surface area contributed by atoms with Crippen LogP contribution >= 0.6 is 11.8 Å². The summed E-state index contributed by atoms with van der Waals surface area (Å²) in [5.41, 5.74) is 2.68. The second-order valence-corrected chi connectivity index (χ2v) is 18.9. The number of allylic oxidation sites excluding steroid dienone is 1. The van der Waals surface area contributed by atoms with Gasteiger partial charge in [-0.1, -0.05) is 55.3 Å². The predicted molar refractivity (Wildman–Crippen MR) is 253 cm³/mol. The van der Waals surface area contributed by atoms with Gasteiger partial charge in [0.05, 0.1) is 29.8 Å². The fourth-order valence-electron chi connectivity index (χ4n) is 9.40. The van der Waals surface area contributed by atoms with Gasteiger partial charge < -0.3 is 34.2 Å². The smallest absolute Gasteiger partial charge is 0.269 e. The van der Waals surface area contributed by atoms with Gasteiger partial charge in [0.15, 0.2) is 0 Å². The Balaban J connectivity index is 1.51. The molecule has 0 spiro atoms. The van der Waals surface area contributed by atoms with Crippen molar-refractivity contribution in [3.05, 3.63) is 124 Å². The van der Waals surface area contributed by atoms with Crippen LogP contribution in [-0.2, 0) is 14.4 Å². The van der Waals surface area contributed by atoms with E-state index in [1.807, 2.05) is 62.9 Å². The summed E-state index contributed by atoms with van der Waals surface area (Å²) in [5.74, 6) is -0.00532. The first kappa shape index (κ1) is 48.5. The van der Waals surface area contributed by atoms with Gasteiger partial charge in [-0.3, -0.25) is 14.9 Å². The number of aliphatic hydroxyl groups is 2. The Labute approximate surface area is 382 Å². The summed E-state index contributed by atoms with van der Waals surface area (Å²) in [7, 11) is 0. The molecule has 2 aliphatic carbocycles. The van der Waals surface area contributed by atoms with Crippen LogP contribution in [0.4, 0.5) is 5.69 Å². The topological polar surface area (TPSA) is 153 Å². The summed E-state index contributed by atoms with van der Waals surface area (Å²) in [5, 5.41) is 36.2. The van der Waals surface area contributed by atoms with Gasteiger partial charge in [-0.15, -0.1) is 18.3 Å². The van der Waals surface area contributed by atoms with E-state index in [-0.39, 0.29) is 55.6 Å². The number of rotatable bonds is 23. The first-order valence-electron chi connectivity index (χ1n) is 22.7. The molecule has 1 saturated carbocycles. The SMILES string of the molecule is C=CCOC12Oc3ccc(OCCSc4ccccc4)cc3C3C(CCCCO)C(CCCCO)C=C(C(=NOC(C)(C)C)CC1N(CCC)C(=O)C=Cc1ccc([N+](=O)[O-])cc1)C32. The molecule has 1 amide bonds. The summed E-state index contributed by atoms with van der Waals surface area (Å²) >= 11 is 1.74. The molecule has 0 saturated heterocycles. The maximum Gasteiger partial charge on any atom is 0.269 e. The highest BCUT2D eigenvalue weighted by atomic mass is 32.2. The molecule has 3 aromatic carbocycles. The van der Waals surface area contributed by atoms with Gasteiger partial charge >= 0.3 is 0 Å². The number of amides is 1. The molecule has 1 heterocycles. The van der Waals surface area contributed by atoms with Crippen LogP contribution in [0.25, 0.3) is 6.08 Å². The number of unbranched alkanes of at least 4 members (excludes halogenated alkanes) is 2. The molecule has 64 heavy (non-hydrogen) atoms. The molecule has 6 unspecified atom stereocenters. The number of nitro benzene ring substituents is 1. The van der Waals surface area contributed by atoms with E-state index in [1.165, 1.54) is 23.1 Å². The number of nitrogens with zero attached hydrogens (tertiary/aromatic N) is 3. The number of ether oxygens (including phenoxy) is 3. The van der Waals surface area contributed by atoms with E-state index >= 15 is 0 Å². The number of hydrogen-bond acceptors (Lipinski definition) is 11. The van der Waals surface area contributed by atoms with E-state index in [9.17, 15) is 25.1 Å². The van der Waals surface area contributed by atoms with Gasteiger partial charge in [0, 0.05) is 66.5 Å². The van der Waals surface area contributed by atoms with Crippen LogP contribution in [0, 0.1) is 27.9 Å². The van der Waals surface area contributed by atoms with Crippen molar-refractivity contribution in [2.45, 2.75) is 107 Å². The number of thioether (sulfide) groups is 1. The van der Waals surface area contributed by atoms with E-state index in [2.05, 4.69) is 30.9 Å². The maximum absolute atomic E-state index is 14.7. The molecule has 3 aromatic rings. The summed E-state index contributed by atoms with van der Waals surface area (Å²) in [4.78, 5) is 34.9. The average molecular weight is 896 g/mol. The number of hydrogen-bond donors (Lipinski definition) is 2. The van der Waals surface area contributed by atoms with Crippen LogP contribution in [-0.4, -0.2) is 87.8 Å². The third-order valence-corrected chi connectivity index (χ3v) is 13.1. The van der Waals surface area contributed by atoms with Crippen LogP contribution < -0.4 is 9.47 Å². The molecule has 12 nitrogen and oxygen atoms in total. The van der Waals surface area contributed by atoms with Gasteiger partial charge in [0.1, 0.15) is 23.1 Å². The Morgan fingerprint density at radius 1 is 1.05 bits per heavy atom. The van der Waals surface area contributed by atoms with Crippen molar-refractivity contribution in [2.24, 2.45) is 22.9 Å². The molecule has 6 rings (SSSR count). The Morgan fingerprint density at radius 3 is 2.45 bits per heavy atom. The first-order chi connectivity index (χ1) is 30.9. The quantitative estimate of drug-likeness (QED) is 0.0235. The van der Waals surface area contributed by atoms with Crippen molar-refractivity contribution >= 4 is 35.1 Å². The van der Waals surface area contributed by atoms with Gasteiger partial charge in [0.2, 0.25) is 11.7 Å². The van der Waals surface area contributed by atoms with E-state index in [1.54, 1.807) is 36.0 Å². The molecular formula is C51H65N3O9S. The van der Waals surface area contributed by atoms with Crippen molar-refractivity contribution in [1.82, 2.24) is 4.90 Å². The van der Waals surface area contributed by atoms with Crippen molar-refractivity contribution in [3.63, 3.8) is 0 Å². The fourth-order valence-corrected chi connectivity index (χ4v) is 10.1. The van der Waals surface area contributed by atoms with Crippen LogP contribution in [0.1, 0.15) is 96.1 Å². The third kappa shape index (κ3) is 11.8. The summed E-state index contributed by atoms with van der Waals surface area (Å²) in [6, 6.07) is 21.7. The highest BCUT2D eigenvalue weighted by Gasteiger charge is 2.65. The lowest BCUT2D eigenvalue weighted by molar-refractivity contribution is -0.384. The molecule has 0 radical (unpaired) electrons. The molecule has 6 atom stereocenters. The molecule has 3 aliphatic rings. The number of benzene rings is 3. The second kappa shape index (κ2) is 22.8. The summed E-state index contributed by atoms with van der Waals surface area (Å²) in [6.07, 6.45) is 12.8. The third-order valence-electron chi connectivity index (χ3n) is 12.1. The van der Waals surface area contributed by atoms with Crippen molar-refractivity contribution in [3.8, 4) is 11.5 Å². The predicted octanol–water partition coefficient (Wildman–Crippen LogP) is 10.1. The Bertz CT molecular complexity index is 2120. The number of carbonyl (C=O) groups is 1. The minimum absolute atomic E-state index is 0.0319. The van der Waals surface area contributed by atoms with E-state index < -0.39 is 28.3 Å². The molecule has 0 bridgehead atoms. The van der Waals surface area contributed by atoms with Crippen LogP contribution in [0.3, 0.4) is 0 Å². The van der Waals surface area contributed by atoms with Gasteiger partial charge in [-0.05, 0) is 124 Å². The molecule has 1 fully saturated rings. The highest BCUT2D eigenvalue weighted by Crippen LogP contribution is 2.62. The van der Waals surface area contributed by atoms with Gasteiger partial charge in [-0.25, -0.2) is 0 Å². The molecule has 344 valence electrons. The standard InChI is InChI=1S/C51H65N3O9S/c1-6-27-53(47(57)26-21-36-19-22-38(23-20-36)54(58)59)46-35-44(52-63-50(3,4)5)42-33-37(15-11-13-28-55)41(18-12-14-29-56)48-43-34-39(60-31-32-64-40-16-9-8-10-17-40)24-25-45(43)62-51(46,49(42)48)61-30-7-2/h7-10,16-17,19-26,33-34,37,41,46,48-49,55-56H,2,6,11-15,18,27-32,35H2,1,3-5H3. The average Bonchev–Trinajstić information content (AvgIpc) is 3.29. The number of non-ortho nitro benzene ring substituents is 1. The first-order valence-corrected chi connectivity index (χ1v) is 23.7. The van der Waals surface area contributed by atoms with E-state index in [4.69, 9.17) is 24.2 Å². The monoisotopic (exact) mass is 895 g/mol. The van der Waals surface area contributed by atoms with Gasteiger partial charge in [-0.2, -0.15) is 0 Å². The largest absolute Gasteiger partial charge is 0.493 e. The van der Waals surface area contributed by atoms with Crippen LogP contribution in [0.15, 0.2) is 113 Å². The zero-order valence-corrected chi connectivity index (χ0v) is 38.5. The molecule has 0 aromatic heterocycles. The number of nitro groups is 1. The van der Waals surface area contributed by atoms with Crippen LogP contribution in [0.5, 0.6) is 11.5 Å². The summed E-state index contributed by atoms with van der Waals surface area (Å²) < 4.78 is 20.9. The maximum atomic E-state index is 14.7. The minimum Gasteiger partial charge on any atom is -0.493 e. The number of fused-ring (bicyclic) bond motifs is 2. The zero-order chi connectivity index (χ0) is 45.7. The minimum atomic E-state index is -1.40. The van der Waals surface area contributed by atoms with Gasteiger partial charge in [0.25, 0.3) is 5.69 Å². The van der Waals surface area contributed by atoms with E-state index in [0.717, 1.165) is 54.0 Å². The van der Waals surface area contributed by atoms with Crippen molar-refractivity contribution in [2.75, 3.05) is 38.7 Å². The fraction of sp³-hybridized carbons (Fsp3) is 0.490. The lowest BCUT2D eigenvalue weighted by Crippen LogP contribution is -2.70. The Morgan fingerprint density at radius 2 is 1.78 bits per heavy atom. The van der Waals surface area contributed by atoms with Crippen molar-refractivity contribution < 1.29 is 39.0 Å².